The molecule has 0 atom stereocenters. The summed E-state index contributed by atoms with van der Waals surface area (Å²) in [4.78, 5) is 10.4. The van der Waals surface area contributed by atoms with E-state index in [9.17, 15) is 14.7 Å². The van der Waals surface area contributed by atoms with Gasteiger partial charge in [0.2, 0.25) is 7.29 Å². The van der Waals surface area contributed by atoms with Crippen LogP contribution in [0.3, 0.4) is 0 Å². The third kappa shape index (κ3) is 3.73. The van der Waals surface area contributed by atoms with Crippen molar-refractivity contribution in [3.05, 3.63) is 101 Å². The van der Waals surface area contributed by atoms with E-state index in [0.29, 0.717) is 16.2 Å². The highest BCUT2D eigenvalue weighted by atomic mass is 31.2. The zero-order valence-corrected chi connectivity index (χ0v) is 14.1. The molecular formula is C19H15N2O3P. The van der Waals surface area contributed by atoms with Gasteiger partial charge in [0, 0.05) is 29.0 Å². The highest BCUT2D eigenvalue weighted by molar-refractivity contribution is 7.77. The molecule has 0 unspecified atom stereocenters. The van der Waals surface area contributed by atoms with Gasteiger partial charge in [-0.15, -0.1) is 0 Å². The fourth-order valence-corrected chi connectivity index (χ4v) is 4.42. The fourth-order valence-electron chi connectivity index (χ4n) is 2.41. The lowest BCUT2D eigenvalue weighted by Crippen LogP contribution is -2.14. The van der Waals surface area contributed by atoms with Crippen LogP contribution in [0.25, 0.3) is 0 Å². The van der Waals surface area contributed by atoms with E-state index in [1.165, 1.54) is 18.3 Å². The van der Waals surface area contributed by atoms with E-state index in [2.05, 4.69) is 4.76 Å². The Bertz CT molecular complexity index is 913. The molecular weight excluding hydrogens is 335 g/mol. The Morgan fingerprint density at radius 1 is 0.840 bits per heavy atom. The third-order valence-corrected chi connectivity index (χ3v) is 6.10. The molecule has 0 heterocycles. The topological polar surface area (TPSA) is 72.6 Å². The Morgan fingerprint density at radius 3 is 1.92 bits per heavy atom. The van der Waals surface area contributed by atoms with Gasteiger partial charge in [0.25, 0.3) is 5.69 Å². The first-order chi connectivity index (χ1) is 12.1. The summed E-state index contributed by atoms with van der Waals surface area (Å²) < 4.78 is 18.1. The quantitative estimate of drug-likeness (QED) is 0.303. The van der Waals surface area contributed by atoms with Crippen molar-refractivity contribution in [1.82, 2.24) is 0 Å². The molecule has 0 aromatic heterocycles. The number of nitrogens with zero attached hydrogens (tertiary/aromatic N) is 2. The second-order valence-corrected chi connectivity index (χ2v) is 7.76. The van der Waals surface area contributed by atoms with Crippen LogP contribution in [0.15, 0.2) is 89.7 Å². The summed E-state index contributed by atoms with van der Waals surface area (Å²) >= 11 is 0. The Labute approximate surface area is 145 Å². The highest BCUT2D eigenvalue weighted by Crippen LogP contribution is 2.44. The average molecular weight is 350 g/mol. The first-order valence-corrected chi connectivity index (χ1v) is 9.27. The molecule has 0 bridgehead atoms. The number of hydrogen-bond donors (Lipinski definition) is 0. The van der Waals surface area contributed by atoms with Crippen LogP contribution < -0.4 is 10.6 Å². The van der Waals surface area contributed by atoms with Gasteiger partial charge < -0.3 is 0 Å². The van der Waals surface area contributed by atoms with Crippen molar-refractivity contribution < 1.29 is 9.49 Å². The second-order valence-electron chi connectivity index (χ2n) is 5.34. The number of nitro benzene ring substituents is 1. The van der Waals surface area contributed by atoms with Crippen LogP contribution in [0.1, 0.15) is 5.56 Å². The minimum atomic E-state index is -3.23. The SMILES string of the molecule is O=[N+]([O-])c1cccc(/C=N/P(=O)(c2ccccc2)c2ccccc2)c1. The molecule has 124 valence electrons. The minimum Gasteiger partial charge on any atom is -0.288 e. The molecule has 3 rings (SSSR count). The smallest absolute Gasteiger partial charge is 0.270 e. The first-order valence-electron chi connectivity index (χ1n) is 7.61. The maximum Gasteiger partial charge on any atom is 0.270 e. The zero-order chi connectivity index (χ0) is 17.7. The van der Waals surface area contributed by atoms with Crippen LogP contribution in [0.4, 0.5) is 5.69 Å². The molecule has 0 amide bonds. The van der Waals surface area contributed by atoms with Crippen molar-refractivity contribution in [1.29, 1.82) is 0 Å². The zero-order valence-electron chi connectivity index (χ0n) is 13.2. The van der Waals surface area contributed by atoms with Gasteiger partial charge in [0.1, 0.15) is 0 Å². The van der Waals surface area contributed by atoms with Gasteiger partial charge in [-0.3, -0.25) is 14.7 Å². The molecule has 25 heavy (non-hydrogen) atoms. The Hall–Kier alpha value is -3.04. The van der Waals surface area contributed by atoms with Crippen LogP contribution >= 0.6 is 7.29 Å². The standard InChI is InChI=1S/C19H15N2O3P/c22-21(23)17-9-7-8-16(14-17)15-20-25(24,18-10-3-1-4-11-18)19-12-5-2-6-13-19/h1-15H/b20-15+. The van der Waals surface area contributed by atoms with E-state index in [1.54, 1.807) is 36.4 Å². The van der Waals surface area contributed by atoms with Crippen LogP contribution in [0.2, 0.25) is 0 Å². The summed E-state index contributed by atoms with van der Waals surface area (Å²) in [6, 6.07) is 24.1. The summed E-state index contributed by atoms with van der Waals surface area (Å²) in [5.74, 6) is 0. The third-order valence-electron chi connectivity index (χ3n) is 3.66. The largest absolute Gasteiger partial charge is 0.288 e. The lowest BCUT2D eigenvalue weighted by molar-refractivity contribution is -0.384. The van der Waals surface area contributed by atoms with E-state index < -0.39 is 12.2 Å². The van der Waals surface area contributed by atoms with Gasteiger partial charge in [-0.05, 0) is 29.8 Å². The van der Waals surface area contributed by atoms with E-state index in [1.807, 2.05) is 36.4 Å². The lowest BCUT2D eigenvalue weighted by atomic mass is 10.2. The number of hydrogen-bond acceptors (Lipinski definition) is 3. The molecule has 3 aromatic rings. The summed E-state index contributed by atoms with van der Waals surface area (Å²) in [5.41, 5.74) is 0.500. The van der Waals surface area contributed by atoms with Gasteiger partial charge in [0.15, 0.2) is 0 Å². The van der Waals surface area contributed by atoms with Crippen molar-refractivity contribution in [3.63, 3.8) is 0 Å². The van der Waals surface area contributed by atoms with Crippen molar-refractivity contribution in [2.24, 2.45) is 4.76 Å². The van der Waals surface area contributed by atoms with Crippen LogP contribution in [-0.4, -0.2) is 11.1 Å². The maximum atomic E-state index is 13.7. The molecule has 0 fully saturated rings. The predicted octanol–water partition coefficient (Wildman–Crippen LogP) is 3.94. The monoisotopic (exact) mass is 350 g/mol. The van der Waals surface area contributed by atoms with Crippen molar-refractivity contribution in [2.45, 2.75) is 0 Å². The van der Waals surface area contributed by atoms with E-state index in [0.717, 1.165) is 0 Å². The van der Waals surface area contributed by atoms with Crippen molar-refractivity contribution >= 4 is 29.8 Å². The summed E-state index contributed by atoms with van der Waals surface area (Å²) in [6.07, 6.45) is 1.44. The van der Waals surface area contributed by atoms with Crippen LogP contribution in [-0.2, 0) is 4.57 Å². The minimum absolute atomic E-state index is 0.0294. The molecule has 0 saturated heterocycles. The predicted molar refractivity (Wildman–Crippen MR) is 100 cm³/mol. The molecule has 0 N–H and O–H groups in total. The van der Waals surface area contributed by atoms with Gasteiger partial charge in [-0.2, -0.15) is 0 Å². The van der Waals surface area contributed by atoms with Gasteiger partial charge in [0.05, 0.1) is 4.92 Å². The molecule has 0 aliphatic carbocycles. The molecule has 0 radical (unpaired) electrons. The van der Waals surface area contributed by atoms with E-state index in [4.69, 9.17) is 0 Å². The van der Waals surface area contributed by atoms with Crippen LogP contribution in [0.5, 0.6) is 0 Å². The maximum absolute atomic E-state index is 13.7. The van der Waals surface area contributed by atoms with Gasteiger partial charge in [-0.25, -0.2) is 4.76 Å². The summed E-state index contributed by atoms with van der Waals surface area (Å²) in [5, 5.41) is 12.1. The molecule has 0 saturated carbocycles. The number of benzene rings is 3. The molecule has 0 aliphatic rings. The Morgan fingerprint density at radius 2 is 1.40 bits per heavy atom. The average Bonchev–Trinajstić information content (AvgIpc) is 2.67. The molecule has 0 aliphatic heterocycles. The lowest BCUT2D eigenvalue weighted by Gasteiger charge is -2.14. The summed E-state index contributed by atoms with van der Waals surface area (Å²) in [7, 11) is -3.23. The molecule has 0 spiro atoms. The van der Waals surface area contributed by atoms with Crippen molar-refractivity contribution in [3.8, 4) is 0 Å². The van der Waals surface area contributed by atoms with E-state index in [-0.39, 0.29) is 5.69 Å². The number of rotatable bonds is 5. The fraction of sp³-hybridized carbons (Fsp3) is 0. The van der Waals surface area contributed by atoms with E-state index >= 15 is 0 Å². The molecule has 5 nitrogen and oxygen atoms in total. The number of non-ortho nitro benzene ring substituents is 1. The van der Waals surface area contributed by atoms with Gasteiger partial charge in [-0.1, -0.05) is 48.5 Å². The highest BCUT2D eigenvalue weighted by Gasteiger charge is 2.25. The number of nitro groups is 1. The van der Waals surface area contributed by atoms with Crippen LogP contribution in [0, 0.1) is 10.1 Å². The summed E-state index contributed by atoms with van der Waals surface area (Å²) in [6.45, 7) is 0. The molecule has 3 aromatic carbocycles. The normalized spacial score (nSPS) is 11.5. The Balaban J connectivity index is 2.06. The first kappa shape index (κ1) is 16.8. The van der Waals surface area contributed by atoms with Gasteiger partial charge >= 0.3 is 0 Å². The Kier molecular flexibility index (Phi) is 4.87. The molecule has 6 heteroatoms. The second kappa shape index (κ2) is 7.24. The van der Waals surface area contributed by atoms with Crippen molar-refractivity contribution in [2.75, 3.05) is 0 Å².